The minimum absolute atomic E-state index is 0.0678. The summed E-state index contributed by atoms with van der Waals surface area (Å²) in [6.45, 7) is 3.73. The van der Waals surface area contributed by atoms with E-state index in [1.54, 1.807) is 6.20 Å². The molecule has 1 atom stereocenters. The van der Waals surface area contributed by atoms with Crippen molar-refractivity contribution in [2.24, 2.45) is 0 Å². The van der Waals surface area contributed by atoms with Gasteiger partial charge in [-0.15, -0.1) is 0 Å². The number of nitrogens with one attached hydrogen (secondary N) is 2. The van der Waals surface area contributed by atoms with Gasteiger partial charge in [0.05, 0.1) is 0 Å². The second-order valence-corrected chi connectivity index (χ2v) is 3.83. The summed E-state index contributed by atoms with van der Waals surface area (Å²) in [5.41, 5.74) is 1.45. The molecular formula is C11H15N3O. The highest BCUT2D eigenvalue weighted by molar-refractivity contribution is 5.93. The summed E-state index contributed by atoms with van der Waals surface area (Å²) in [4.78, 5) is 15.9. The van der Waals surface area contributed by atoms with E-state index < -0.39 is 0 Å². The third kappa shape index (κ3) is 2.33. The van der Waals surface area contributed by atoms with E-state index in [0.29, 0.717) is 5.69 Å². The first-order valence-electron chi connectivity index (χ1n) is 5.20. The van der Waals surface area contributed by atoms with E-state index in [9.17, 15) is 4.79 Å². The minimum Gasteiger partial charge on any atom is -0.347 e. The first kappa shape index (κ1) is 10.1. The Balaban J connectivity index is 2.04. The van der Waals surface area contributed by atoms with Gasteiger partial charge in [0, 0.05) is 18.8 Å². The van der Waals surface area contributed by atoms with Gasteiger partial charge in [0.2, 0.25) is 0 Å². The van der Waals surface area contributed by atoms with E-state index >= 15 is 0 Å². The molecule has 1 aromatic rings. The van der Waals surface area contributed by atoms with E-state index in [-0.39, 0.29) is 11.9 Å². The van der Waals surface area contributed by atoms with Crippen molar-refractivity contribution in [2.75, 3.05) is 13.1 Å². The third-order valence-electron chi connectivity index (χ3n) is 2.62. The number of carbonyl (C=O) groups excluding carboxylic acids is 1. The van der Waals surface area contributed by atoms with E-state index in [2.05, 4.69) is 15.6 Å². The highest BCUT2D eigenvalue weighted by Crippen LogP contribution is 2.05. The summed E-state index contributed by atoms with van der Waals surface area (Å²) in [7, 11) is 0. The highest BCUT2D eigenvalue weighted by Gasteiger charge is 2.18. The first-order valence-corrected chi connectivity index (χ1v) is 5.20. The first-order chi connectivity index (χ1) is 7.27. The topological polar surface area (TPSA) is 54.0 Å². The molecule has 1 amide bonds. The monoisotopic (exact) mass is 205 g/mol. The summed E-state index contributed by atoms with van der Waals surface area (Å²) >= 11 is 0. The lowest BCUT2D eigenvalue weighted by Gasteiger charge is -2.11. The van der Waals surface area contributed by atoms with E-state index in [0.717, 1.165) is 25.1 Å². The minimum atomic E-state index is -0.0678. The Morgan fingerprint density at radius 3 is 3.20 bits per heavy atom. The zero-order valence-electron chi connectivity index (χ0n) is 8.79. The molecule has 1 saturated heterocycles. The van der Waals surface area contributed by atoms with Gasteiger partial charge in [-0.2, -0.15) is 0 Å². The summed E-state index contributed by atoms with van der Waals surface area (Å²) in [6.07, 6.45) is 2.65. The average Bonchev–Trinajstić information content (AvgIpc) is 2.71. The molecule has 4 nitrogen and oxygen atoms in total. The normalized spacial score (nSPS) is 20.2. The van der Waals surface area contributed by atoms with Crippen LogP contribution in [0.15, 0.2) is 18.3 Å². The fourth-order valence-electron chi connectivity index (χ4n) is 1.75. The van der Waals surface area contributed by atoms with E-state index in [4.69, 9.17) is 0 Å². The van der Waals surface area contributed by atoms with Gasteiger partial charge in [0.1, 0.15) is 5.69 Å². The van der Waals surface area contributed by atoms with Crippen molar-refractivity contribution < 1.29 is 4.79 Å². The fourth-order valence-corrected chi connectivity index (χ4v) is 1.75. The quantitative estimate of drug-likeness (QED) is 0.738. The smallest absolute Gasteiger partial charge is 0.270 e. The largest absolute Gasteiger partial charge is 0.347 e. The molecule has 1 aliphatic rings. The second-order valence-electron chi connectivity index (χ2n) is 3.83. The van der Waals surface area contributed by atoms with Gasteiger partial charge in [-0.3, -0.25) is 9.78 Å². The maximum atomic E-state index is 11.8. The number of nitrogens with zero attached hydrogens (tertiary/aromatic N) is 1. The molecule has 2 N–H and O–H groups in total. The van der Waals surface area contributed by atoms with Crippen molar-refractivity contribution in [1.29, 1.82) is 0 Å². The summed E-state index contributed by atoms with van der Waals surface area (Å²) in [5.74, 6) is -0.0678. The van der Waals surface area contributed by atoms with Crippen LogP contribution in [0.4, 0.5) is 0 Å². The molecule has 0 unspecified atom stereocenters. The zero-order chi connectivity index (χ0) is 10.7. The van der Waals surface area contributed by atoms with Crippen molar-refractivity contribution >= 4 is 5.91 Å². The summed E-state index contributed by atoms with van der Waals surface area (Å²) < 4.78 is 0. The van der Waals surface area contributed by atoms with Crippen LogP contribution < -0.4 is 10.6 Å². The Bertz CT molecular complexity index is 359. The third-order valence-corrected chi connectivity index (χ3v) is 2.62. The average molecular weight is 205 g/mol. The maximum Gasteiger partial charge on any atom is 0.270 e. The van der Waals surface area contributed by atoms with Gasteiger partial charge >= 0.3 is 0 Å². The molecule has 15 heavy (non-hydrogen) atoms. The number of aryl methyl sites for hydroxylation is 1. The van der Waals surface area contributed by atoms with Crippen molar-refractivity contribution in [2.45, 2.75) is 19.4 Å². The van der Waals surface area contributed by atoms with Crippen LogP contribution in [0.25, 0.3) is 0 Å². The SMILES string of the molecule is Cc1cccnc1C(=O)N[C@@H]1CCNC1. The van der Waals surface area contributed by atoms with Crippen LogP contribution >= 0.6 is 0 Å². The lowest BCUT2D eigenvalue weighted by atomic mass is 10.2. The lowest BCUT2D eigenvalue weighted by molar-refractivity contribution is 0.0934. The number of aromatic nitrogens is 1. The molecule has 0 saturated carbocycles. The molecular weight excluding hydrogens is 190 g/mol. The molecule has 0 radical (unpaired) electrons. The molecule has 1 fully saturated rings. The highest BCUT2D eigenvalue weighted by atomic mass is 16.1. The number of hydrogen-bond donors (Lipinski definition) is 2. The Kier molecular flexibility index (Phi) is 2.97. The molecule has 4 heteroatoms. The molecule has 0 aromatic carbocycles. The molecule has 0 spiro atoms. The van der Waals surface area contributed by atoms with E-state index in [1.807, 2.05) is 19.1 Å². The standard InChI is InChI=1S/C11H15N3O/c1-8-3-2-5-13-10(8)11(15)14-9-4-6-12-7-9/h2-3,5,9,12H,4,6-7H2,1H3,(H,14,15)/t9-/m1/s1. The number of hydrogen-bond acceptors (Lipinski definition) is 3. The zero-order valence-corrected chi connectivity index (χ0v) is 8.79. The Labute approximate surface area is 89.1 Å². The molecule has 80 valence electrons. The van der Waals surface area contributed by atoms with Gasteiger partial charge in [0.15, 0.2) is 0 Å². The van der Waals surface area contributed by atoms with Crippen molar-refractivity contribution in [1.82, 2.24) is 15.6 Å². The Morgan fingerprint density at radius 1 is 1.67 bits per heavy atom. The van der Waals surface area contributed by atoms with Crippen molar-refractivity contribution in [3.63, 3.8) is 0 Å². The van der Waals surface area contributed by atoms with Gasteiger partial charge in [-0.1, -0.05) is 6.07 Å². The van der Waals surface area contributed by atoms with Gasteiger partial charge in [0.25, 0.3) is 5.91 Å². The van der Waals surface area contributed by atoms with Crippen LogP contribution in [0.5, 0.6) is 0 Å². The molecule has 1 aliphatic heterocycles. The summed E-state index contributed by atoms with van der Waals surface area (Å²) in [6, 6.07) is 3.98. The Hall–Kier alpha value is -1.42. The predicted molar refractivity (Wildman–Crippen MR) is 57.7 cm³/mol. The summed E-state index contributed by atoms with van der Waals surface area (Å²) in [5, 5.41) is 6.18. The maximum absolute atomic E-state index is 11.8. The van der Waals surface area contributed by atoms with Crippen LogP contribution in [0.3, 0.4) is 0 Å². The van der Waals surface area contributed by atoms with Crippen LogP contribution in [0.2, 0.25) is 0 Å². The van der Waals surface area contributed by atoms with Gasteiger partial charge in [-0.05, 0) is 31.5 Å². The molecule has 0 aliphatic carbocycles. The van der Waals surface area contributed by atoms with Crippen molar-refractivity contribution in [3.8, 4) is 0 Å². The van der Waals surface area contributed by atoms with Crippen LogP contribution in [0, 0.1) is 6.92 Å². The molecule has 0 bridgehead atoms. The fraction of sp³-hybridized carbons (Fsp3) is 0.455. The molecule has 2 rings (SSSR count). The second kappa shape index (κ2) is 4.40. The van der Waals surface area contributed by atoms with Crippen LogP contribution in [-0.4, -0.2) is 30.0 Å². The van der Waals surface area contributed by atoms with E-state index in [1.165, 1.54) is 0 Å². The van der Waals surface area contributed by atoms with Gasteiger partial charge in [-0.25, -0.2) is 0 Å². The number of rotatable bonds is 2. The van der Waals surface area contributed by atoms with Crippen molar-refractivity contribution in [3.05, 3.63) is 29.6 Å². The number of carbonyl (C=O) groups is 1. The molecule has 2 heterocycles. The Morgan fingerprint density at radius 2 is 2.53 bits per heavy atom. The van der Waals surface area contributed by atoms with Crippen LogP contribution in [0.1, 0.15) is 22.5 Å². The molecule has 1 aromatic heterocycles. The predicted octanol–water partition coefficient (Wildman–Crippen LogP) is 0.482. The number of amides is 1. The van der Waals surface area contributed by atoms with Gasteiger partial charge < -0.3 is 10.6 Å². The van der Waals surface area contributed by atoms with Crippen LogP contribution in [-0.2, 0) is 0 Å². The number of pyridine rings is 1. The lowest BCUT2D eigenvalue weighted by Crippen LogP contribution is -2.36.